The number of hydrogen-bond acceptors (Lipinski definition) is 2. The van der Waals surface area contributed by atoms with Gasteiger partial charge in [-0.2, -0.15) is 0 Å². The molecule has 2 N–H and O–H groups in total. The van der Waals surface area contributed by atoms with Crippen LogP contribution in [0.3, 0.4) is 0 Å². The van der Waals surface area contributed by atoms with Crippen LogP contribution in [0.5, 0.6) is 0 Å². The van der Waals surface area contributed by atoms with Gasteiger partial charge in [0.1, 0.15) is 0 Å². The normalized spacial score (nSPS) is 16.8. The lowest BCUT2D eigenvalue weighted by Crippen LogP contribution is -2.26. The van der Waals surface area contributed by atoms with Gasteiger partial charge in [0.25, 0.3) is 0 Å². The lowest BCUT2D eigenvalue weighted by atomic mass is 10.1. The molecule has 17 heavy (non-hydrogen) atoms. The van der Waals surface area contributed by atoms with Crippen molar-refractivity contribution in [1.29, 1.82) is 0 Å². The maximum atomic E-state index is 3.56. The van der Waals surface area contributed by atoms with Gasteiger partial charge in [-0.3, -0.25) is 0 Å². The van der Waals surface area contributed by atoms with Crippen LogP contribution >= 0.6 is 0 Å². The van der Waals surface area contributed by atoms with E-state index in [2.05, 4.69) is 41.8 Å². The molecule has 0 bridgehead atoms. The summed E-state index contributed by atoms with van der Waals surface area (Å²) in [4.78, 5) is 0. The highest BCUT2D eigenvalue weighted by Gasteiger charge is 2.41. The quantitative estimate of drug-likeness (QED) is 0.755. The molecule has 1 aliphatic rings. The van der Waals surface area contributed by atoms with E-state index in [0.717, 1.165) is 13.1 Å². The molecule has 0 amide bonds. The van der Waals surface area contributed by atoms with Gasteiger partial charge < -0.3 is 10.6 Å². The Labute approximate surface area is 105 Å². The third-order valence-electron chi connectivity index (χ3n) is 3.67. The summed E-state index contributed by atoms with van der Waals surface area (Å²) in [6.45, 7) is 4.45. The zero-order valence-electron chi connectivity index (χ0n) is 11.1. The molecule has 0 radical (unpaired) electrons. The fourth-order valence-corrected chi connectivity index (χ4v) is 2.34. The zero-order chi connectivity index (χ0) is 12.1. The van der Waals surface area contributed by atoms with Crippen LogP contribution in [0.4, 0.5) is 5.69 Å². The molecule has 1 aromatic rings. The van der Waals surface area contributed by atoms with Gasteiger partial charge in [0, 0.05) is 24.2 Å². The van der Waals surface area contributed by atoms with Gasteiger partial charge >= 0.3 is 0 Å². The smallest absolute Gasteiger partial charge is 0.0340 e. The number of rotatable bonds is 7. The number of anilines is 1. The van der Waals surface area contributed by atoms with Gasteiger partial charge in [-0.1, -0.05) is 25.5 Å². The van der Waals surface area contributed by atoms with Crippen molar-refractivity contribution in [2.75, 3.05) is 25.5 Å². The molecule has 0 saturated heterocycles. The lowest BCUT2D eigenvalue weighted by molar-refractivity contribution is 0.507. The van der Waals surface area contributed by atoms with Crippen molar-refractivity contribution < 1.29 is 0 Å². The van der Waals surface area contributed by atoms with Crippen molar-refractivity contribution in [1.82, 2.24) is 5.32 Å². The van der Waals surface area contributed by atoms with Crippen LogP contribution < -0.4 is 10.6 Å². The van der Waals surface area contributed by atoms with Gasteiger partial charge in [-0.25, -0.2) is 0 Å². The van der Waals surface area contributed by atoms with Crippen LogP contribution in [0.2, 0.25) is 0 Å². The van der Waals surface area contributed by atoms with Crippen molar-refractivity contribution in [2.45, 2.75) is 32.6 Å². The van der Waals surface area contributed by atoms with Gasteiger partial charge in [-0.05, 0) is 44.0 Å². The van der Waals surface area contributed by atoms with Gasteiger partial charge in [0.15, 0.2) is 0 Å². The maximum Gasteiger partial charge on any atom is 0.0340 e. The Morgan fingerprint density at radius 3 is 2.35 bits per heavy atom. The zero-order valence-corrected chi connectivity index (χ0v) is 11.1. The van der Waals surface area contributed by atoms with E-state index >= 15 is 0 Å². The Morgan fingerprint density at radius 2 is 1.82 bits per heavy atom. The van der Waals surface area contributed by atoms with Crippen molar-refractivity contribution >= 4 is 5.69 Å². The highest BCUT2D eigenvalue weighted by Crippen LogP contribution is 2.44. The molecular formula is C15H24N2. The predicted molar refractivity (Wildman–Crippen MR) is 74.5 cm³/mol. The van der Waals surface area contributed by atoms with E-state index in [1.807, 2.05) is 7.05 Å². The molecule has 1 saturated carbocycles. The van der Waals surface area contributed by atoms with Crippen molar-refractivity contribution in [2.24, 2.45) is 5.41 Å². The second-order valence-corrected chi connectivity index (χ2v) is 5.33. The molecule has 1 aliphatic carbocycles. The van der Waals surface area contributed by atoms with E-state index in [1.54, 1.807) is 0 Å². The topological polar surface area (TPSA) is 24.1 Å². The summed E-state index contributed by atoms with van der Waals surface area (Å²) in [6, 6.07) is 8.90. The van der Waals surface area contributed by atoms with Crippen molar-refractivity contribution in [3.8, 4) is 0 Å². The molecule has 0 unspecified atom stereocenters. The first-order valence-electron chi connectivity index (χ1n) is 6.75. The molecule has 2 nitrogen and oxygen atoms in total. The van der Waals surface area contributed by atoms with Crippen LogP contribution in [0.15, 0.2) is 24.3 Å². The first-order chi connectivity index (χ1) is 8.28. The second kappa shape index (κ2) is 5.54. The summed E-state index contributed by atoms with van der Waals surface area (Å²) < 4.78 is 0. The fraction of sp³-hybridized carbons (Fsp3) is 0.600. The van der Waals surface area contributed by atoms with Crippen LogP contribution in [0.25, 0.3) is 0 Å². The summed E-state index contributed by atoms with van der Waals surface area (Å²) in [6.07, 6.45) is 5.12. The Bertz CT molecular complexity index is 338. The van der Waals surface area contributed by atoms with Crippen LogP contribution in [0, 0.1) is 5.41 Å². The minimum Gasteiger partial charge on any atom is -0.384 e. The monoisotopic (exact) mass is 232 g/mol. The molecule has 0 heterocycles. The van der Waals surface area contributed by atoms with Gasteiger partial charge in [-0.15, -0.1) is 0 Å². The average molecular weight is 232 g/mol. The predicted octanol–water partition coefficient (Wildman–Crippen LogP) is 3.05. The van der Waals surface area contributed by atoms with E-state index in [-0.39, 0.29) is 0 Å². The highest BCUT2D eigenvalue weighted by atomic mass is 14.9. The maximum absolute atomic E-state index is 3.56. The van der Waals surface area contributed by atoms with Crippen molar-refractivity contribution in [3.05, 3.63) is 29.8 Å². The Kier molecular flexibility index (Phi) is 4.06. The Hall–Kier alpha value is -1.02. The van der Waals surface area contributed by atoms with E-state index in [4.69, 9.17) is 0 Å². The number of hydrogen-bond donors (Lipinski definition) is 2. The van der Waals surface area contributed by atoms with Gasteiger partial charge in [0.05, 0.1) is 0 Å². The van der Waals surface area contributed by atoms with E-state index in [9.17, 15) is 0 Å². The third kappa shape index (κ3) is 3.47. The first kappa shape index (κ1) is 12.4. The molecule has 0 aliphatic heterocycles. The SMILES string of the molecule is CCCc1ccc(NCC2(CNC)CC2)cc1. The summed E-state index contributed by atoms with van der Waals surface area (Å²) >= 11 is 0. The molecule has 0 atom stereocenters. The average Bonchev–Trinajstić information content (AvgIpc) is 3.10. The molecule has 1 fully saturated rings. The Balaban J connectivity index is 1.83. The molecule has 0 aromatic heterocycles. The summed E-state index contributed by atoms with van der Waals surface area (Å²) in [5.74, 6) is 0. The standard InChI is InChI=1S/C15H24N2/c1-3-4-13-5-7-14(8-6-13)17-12-15(9-10-15)11-16-2/h5-8,16-17H,3-4,9-12H2,1-2H3. The number of nitrogens with one attached hydrogen (secondary N) is 2. The molecule has 0 spiro atoms. The summed E-state index contributed by atoms with van der Waals surface area (Å²) in [5.41, 5.74) is 3.22. The highest BCUT2D eigenvalue weighted by molar-refractivity contribution is 5.45. The van der Waals surface area contributed by atoms with Crippen LogP contribution in [-0.2, 0) is 6.42 Å². The molecule has 1 aromatic carbocycles. The van der Waals surface area contributed by atoms with Crippen LogP contribution in [-0.4, -0.2) is 20.1 Å². The van der Waals surface area contributed by atoms with E-state index < -0.39 is 0 Å². The molecule has 2 heteroatoms. The largest absolute Gasteiger partial charge is 0.384 e. The summed E-state index contributed by atoms with van der Waals surface area (Å²) in [5, 5.41) is 6.85. The second-order valence-electron chi connectivity index (χ2n) is 5.33. The van der Waals surface area contributed by atoms with E-state index in [1.165, 1.54) is 36.9 Å². The van der Waals surface area contributed by atoms with Crippen LogP contribution in [0.1, 0.15) is 31.7 Å². The Morgan fingerprint density at radius 1 is 1.12 bits per heavy atom. The summed E-state index contributed by atoms with van der Waals surface area (Å²) in [7, 11) is 2.04. The third-order valence-corrected chi connectivity index (χ3v) is 3.67. The minimum absolute atomic E-state index is 0.525. The fourth-order valence-electron chi connectivity index (χ4n) is 2.34. The molecule has 94 valence electrons. The molecular weight excluding hydrogens is 208 g/mol. The van der Waals surface area contributed by atoms with Crippen molar-refractivity contribution in [3.63, 3.8) is 0 Å². The molecule has 2 rings (SSSR count). The number of benzene rings is 1. The van der Waals surface area contributed by atoms with E-state index in [0.29, 0.717) is 5.41 Å². The van der Waals surface area contributed by atoms with Gasteiger partial charge in [0.2, 0.25) is 0 Å². The lowest BCUT2D eigenvalue weighted by Gasteiger charge is -2.16. The first-order valence-corrected chi connectivity index (χ1v) is 6.75. The number of aryl methyl sites for hydroxylation is 1. The minimum atomic E-state index is 0.525.